The maximum absolute atomic E-state index is 12.8. The van der Waals surface area contributed by atoms with Crippen LogP contribution < -0.4 is 0 Å². The molecule has 0 bridgehead atoms. The average Bonchev–Trinajstić information content (AvgIpc) is 2.65. The van der Waals surface area contributed by atoms with Gasteiger partial charge >= 0.3 is 0 Å². The molecule has 0 aliphatic carbocycles. The number of halogens is 1. The maximum atomic E-state index is 12.8. The quantitative estimate of drug-likeness (QED) is 0.417. The summed E-state index contributed by atoms with van der Waals surface area (Å²) in [5.74, 6) is -0.299. The minimum atomic E-state index is -0.325. The second-order valence-electron chi connectivity index (χ2n) is 6.08. The van der Waals surface area contributed by atoms with E-state index < -0.39 is 0 Å². The summed E-state index contributed by atoms with van der Waals surface area (Å²) >= 11 is 0. The number of Topliss-reactive ketones (excluding diaryl/α,β-unsaturated/α-hetero) is 1. The van der Waals surface area contributed by atoms with Crippen LogP contribution in [0.2, 0.25) is 0 Å². The van der Waals surface area contributed by atoms with Crippen molar-refractivity contribution >= 4 is 16.6 Å². The highest BCUT2D eigenvalue weighted by Gasteiger charge is 2.05. The number of ether oxygens (including phenoxy) is 1. The van der Waals surface area contributed by atoms with Crippen molar-refractivity contribution in [1.82, 2.24) is 0 Å². The largest absolute Gasteiger partial charge is 0.381 e. The second-order valence-corrected chi connectivity index (χ2v) is 6.08. The summed E-state index contributed by atoms with van der Waals surface area (Å²) in [5.41, 5.74) is 1.80. The molecule has 3 aromatic rings. The van der Waals surface area contributed by atoms with Crippen LogP contribution in [0.4, 0.5) is 4.39 Å². The van der Waals surface area contributed by atoms with Crippen LogP contribution in [0.5, 0.6) is 0 Å². The van der Waals surface area contributed by atoms with Gasteiger partial charge in [-0.15, -0.1) is 0 Å². The molecule has 0 aliphatic rings. The fourth-order valence-electron chi connectivity index (χ4n) is 2.80. The van der Waals surface area contributed by atoms with Crippen molar-refractivity contribution < 1.29 is 13.9 Å². The lowest BCUT2D eigenvalue weighted by Gasteiger charge is -2.06. The Hall–Kier alpha value is -2.52. The topological polar surface area (TPSA) is 26.3 Å². The monoisotopic (exact) mass is 336 g/mol. The van der Waals surface area contributed by atoms with Gasteiger partial charge in [-0.2, -0.15) is 0 Å². The molecule has 0 heterocycles. The van der Waals surface area contributed by atoms with Crippen LogP contribution in [0.3, 0.4) is 0 Å². The number of carbonyl (C=O) groups is 1. The van der Waals surface area contributed by atoms with Gasteiger partial charge in [0.05, 0.1) is 6.61 Å². The zero-order valence-electron chi connectivity index (χ0n) is 14.1. The van der Waals surface area contributed by atoms with Crippen LogP contribution in [-0.4, -0.2) is 19.0 Å². The Balaban J connectivity index is 1.37. The highest BCUT2D eigenvalue weighted by atomic mass is 19.1. The van der Waals surface area contributed by atoms with E-state index in [4.69, 9.17) is 4.74 Å². The molecule has 3 heteroatoms. The normalized spacial score (nSPS) is 10.9. The first-order valence-electron chi connectivity index (χ1n) is 8.56. The molecule has 0 N–H and O–H groups in total. The molecule has 128 valence electrons. The fourth-order valence-corrected chi connectivity index (χ4v) is 2.80. The first-order valence-corrected chi connectivity index (χ1v) is 8.56. The number of fused-ring (bicyclic) bond motifs is 1. The van der Waals surface area contributed by atoms with E-state index in [1.807, 2.05) is 12.1 Å². The molecule has 0 unspecified atom stereocenters. The van der Waals surface area contributed by atoms with Crippen molar-refractivity contribution in [3.63, 3.8) is 0 Å². The van der Waals surface area contributed by atoms with Crippen molar-refractivity contribution in [1.29, 1.82) is 0 Å². The van der Waals surface area contributed by atoms with Crippen LogP contribution in [0.25, 0.3) is 10.8 Å². The Morgan fingerprint density at radius 2 is 1.64 bits per heavy atom. The Bertz CT molecular complexity index is 840. The van der Waals surface area contributed by atoms with E-state index in [0.29, 0.717) is 31.6 Å². The van der Waals surface area contributed by atoms with Gasteiger partial charge in [-0.05, 0) is 53.4 Å². The zero-order valence-corrected chi connectivity index (χ0v) is 14.1. The van der Waals surface area contributed by atoms with Gasteiger partial charge in [0.15, 0.2) is 5.78 Å². The second kappa shape index (κ2) is 8.54. The summed E-state index contributed by atoms with van der Waals surface area (Å²) in [5, 5.41) is 2.48. The molecular formula is C22H21FO2. The van der Waals surface area contributed by atoms with Gasteiger partial charge in [-0.3, -0.25) is 4.79 Å². The molecule has 3 aromatic carbocycles. The standard InChI is InChI=1S/C22H21FO2/c23-21-11-9-19(10-12-21)22(24)6-3-14-25-15-13-17-7-8-18-4-1-2-5-20(18)16-17/h1-2,4-5,7-12,16H,3,6,13-15H2. The molecule has 0 atom stereocenters. The Morgan fingerprint density at radius 3 is 2.44 bits per heavy atom. The number of rotatable bonds is 8. The summed E-state index contributed by atoms with van der Waals surface area (Å²) in [6.07, 6.45) is 1.95. The van der Waals surface area contributed by atoms with E-state index >= 15 is 0 Å². The van der Waals surface area contributed by atoms with E-state index in [0.717, 1.165) is 6.42 Å². The summed E-state index contributed by atoms with van der Waals surface area (Å²) in [4.78, 5) is 12.0. The van der Waals surface area contributed by atoms with E-state index in [1.54, 1.807) is 0 Å². The molecule has 0 aromatic heterocycles. The lowest BCUT2D eigenvalue weighted by atomic mass is 10.1. The van der Waals surface area contributed by atoms with Crippen LogP contribution in [-0.2, 0) is 11.2 Å². The van der Waals surface area contributed by atoms with E-state index in [1.165, 1.54) is 40.6 Å². The Kier molecular flexibility index (Phi) is 5.91. The molecule has 0 fully saturated rings. The number of hydrogen-bond donors (Lipinski definition) is 0. The first kappa shape index (κ1) is 17.3. The molecule has 0 aliphatic heterocycles. The van der Waals surface area contributed by atoms with Gasteiger partial charge in [0.25, 0.3) is 0 Å². The van der Waals surface area contributed by atoms with Gasteiger partial charge in [0.2, 0.25) is 0 Å². The van der Waals surface area contributed by atoms with Gasteiger partial charge in [0.1, 0.15) is 5.82 Å². The molecule has 0 spiro atoms. The third-order valence-corrected chi connectivity index (χ3v) is 4.21. The van der Waals surface area contributed by atoms with Crippen molar-refractivity contribution in [2.24, 2.45) is 0 Å². The predicted octanol–water partition coefficient (Wildman–Crippen LogP) is 5.20. The summed E-state index contributed by atoms with van der Waals surface area (Å²) < 4.78 is 18.5. The van der Waals surface area contributed by atoms with Gasteiger partial charge in [-0.25, -0.2) is 4.39 Å². The van der Waals surface area contributed by atoms with E-state index in [2.05, 4.69) is 30.3 Å². The van der Waals surface area contributed by atoms with Crippen LogP contribution in [0.1, 0.15) is 28.8 Å². The molecule has 0 saturated carbocycles. The number of ketones is 1. The number of benzene rings is 3. The SMILES string of the molecule is O=C(CCCOCCc1ccc2ccccc2c1)c1ccc(F)cc1. The lowest BCUT2D eigenvalue weighted by molar-refractivity contribution is 0.0940. The highest BCUT2D eigenvalue weighted by molar-refractivity contribution is 5.95. The first-order chi connectivity index (χ1) is 12.2. The maximum Gasteiger partial charge on any atom is 0.162 e. The van der Waals surface area contributed by atoms with Gasteiger partial charge < -0.3 is 4.74 Å². The third-order valence-electron chi connectivity index (χ3n) is 4.21. The van der Waals surface area contributed by atoms with E-state index in [9.17, 15) is 9.18 Å². The van der Waals surface area contributed by atoms with Crippen molar-refractivity contribution in [3.8, 4) is 0 Å². The minimum Gasteiger partial charge on any atom is -0.381 e. The van der Waals surface area contributed by atoms with Crippen molar-refractivity contribution in [2.75, 3.05) is 13.2 Å². The minimum absolute atomic E-state index is 0.0260. The molecule has 3 rings (SSSR count). The van der Waals surface area contributed by atoms with Crippen molar-refractivity contribution in [2.45, 2.75) is 19.3 Å². The van der Waals surface area contributed by atoms with Crippen LogP contribution in [0.15, 0.2) is 66.7 Å². The summed E-state index contributed by atoms with van der Waals surface area (Å²) in [6.45, 7) is 1.20. The Labute approximate surface area is 147 Å². The van der Waals surface area contributed by atoms with Crippen molar-refractivity contribution in [3.05, 3.63) is 83.7 Å². The summed E-state index contributed by atoms with van der Waals surface area (Å²) in [7, 11) is 0. The van der Waals surface area contributed by atoms with Crippen LogP contribution >= 0.6 is 0 Å². The number of hydrogen-bond acceptors (Lipinski definition) is 2. The molecule has 0 amide bonds. The molecule has 25 heavy (non-hydrogen) atoms. The fraction of sp³-hybridized carbons (Fsp3) is 0.227. The van der Waals surface area contributed by atoms with Gasteiger partial charge in [-0.1, -0.05) is 42.5 Å². The molecule has 2 nitrogen and oxygen atoms in total. The van der Waals surface area contributed by atoms with Gasteiger partial charge in [0, 0.05) is 18.6 Å². The van der Waals surface area contributed by atoms with Crippen LogP contribution in [0, 0.1) is 5.82 Å². The predicted molar refractivity (Wildman–Crippen MR) is 98.4 cm³/mol. The molecule has 0 saturated heterocycles. The Morgan fingerprint density at radius 1 is 0.880 bits per heavy atom. The molecule has 0 radical (unpaired) electrons. The van der Waals surface area contributed by atoms with E-state index in [-0.39, 0.29) is 11.6 Å². The zero-order chi connectivity index (χ0) is 17.5. The third kappa shape index (κ3) is 4.97. The lowest BCUT2D eigenvalue weighted by Crippen LogP contribution is -2.04. The molecular weight excluding hydrogens is 315 g/mol. The highest BCUT2D eigenvalue weighted by Crippen LogP contribution is 2.16. The smallest absolute Gasteiger partial charge is 0.162 e. The summed E-state index contributed by atoms with van der Waals surface area (Å²) in [6, 6.07) is 20.4. The number of carbonyl (C=O) groups excluding carboxylic acids is 1. The average molecular weight is 336 g/mol.